The fourth-order valence-electron chi connectivity index (χ4n) is 1.74. The summed E-state index contributed by atoms with van der Waals surface area (Å²) in [6.45, 7) is 3.43. The van der Waals surface area contributed by atoms with Crippen LogP contribution < -0.4 is 10.5 Å². The van der Waals surface area contributed by atoms with Gasteiger partial charge in [-0.1, -0.05) is 11.6 Å². The molecule has 0 bridgehead atoms. The molecule has 0 spiro atoms. The van der Waals surface area contributed by atoms with Gasteiger partial charge in [-0.3, -0.25) is 0 Å². The van der Waals surface area contributed by atoms with Crippen molar-refractivity contribution in [1.29, 1.82) is 0 Å². The first-order valence-electron chi connectivity index (χ1n) is 5.84. The standard InChI is InChI=1S/C12H18ClFN2O3S/c1-12(2,7-19-3)16-20(17,18)9-4-8(6-15)11(13)10(14)5-9/h4-5,16H,6-7,15H2,1-3H3. The minimum absolute atomic E-state index is 0.0550. The summed E-state index contributed by atoms with van der Waals surface area (Å²) in [6, 6.07) is 2.13. The Morgan fingerprint density at radius 1 is 1.45 bits per heavy atom. The van der Waals surface area contributed by atoms with Crippen LogP contribution in [0.25, 0.3) is 0 Å². The van der Waals surface area contributed by atoms with E-state index in [1.54, 1.807) is 13.8 Å². The SMILES string of the molecule is COCC(C)(C)NS(=O)(=O)c1cc(F)c(Cl)c(CN)c1. The summed E-state index contributed by atoms with van der Waals surface area (Å²) in [5.74, 6) is -0.820. The van der Waals surface area contributed by atoms with Crippen LogP contribution in [-0.2, 0) is 21.3 Å². The van der Waals surface area contributed by atoms with Crippen molar-refractivity contribution in [3.8, 4) is 0 Å². The number of rotatable bonds is 6. The first-order valence-corrected chi connectivity index (χ1v) is 7.70. The molecular formula is C12H18ClFN2O3S. The molecule has 0 saturated carbocycles. The van der Waals surface area contributed by atoms with Crippen LogP contribution in [0.15, 0.2) is 17.0 Å². The van der Waals surface area contributed by atoms with Crippen LogP contribution in [-0.4, -0.2) is 27.7 Å². The van der Waals surface area contributed by atoms with E-state index in [2.05, 4.69) is 4.72 Å². The Labute approximate surface area is 123 Å². The van der Waals surface area contributed by atoms with Gasteiger partial charge in [-0.05, 0) is 31.5 Å². The lowest BCUT2D eigenvalue weighted by Crippen LogP contribution is -2.46. The summed E-state index contributed by atoms with van der Waals surface area (Å²) < 4.78 is 45.5. The molecule has 8 heteroatoms. The second-order valence-corrected chi connectivity index (χ2v) is 7.07. The highest BCUT2D eigenvalue weighted by molar-refractivity contribution is 7.89. The van der Waals surface area contributed by atoms with Crippen molar-refractivity contribution in [2.75, 3.05) is 13.7 Å². The van der Waals surface area contributed by atoms with Crippen LogP contribution in [0.4, 0.5) is 4.39 Å². The highest BCUT2D eigenvalue weighted by Gasteiger charge is 2.27. The maximum absolute atomic E-state index is 13.6. The molecule has 0 heterocycles. The molecule has 20 heavy (non-hydrogen) atoms. The Bertz CT molecular complexity index is 591. The zero-order valence-electron chi connectivity index (χ0n) is 11.5. The highest BCUT2D eigenvalue weighted by atomic mass is 35.5. The third-order valence-electron chi connectivity index (χ3n) is 2.52. The van der Waals surface area contributed by atoms with Crippen molar-refractivity contribution in [3.63, 3.8) is 0 Å². The van der Waals surface area contributed by atoms with E-state index in [0.29, 0.717) is 0 Å². The molecule has 1 rings (SSSR count). The number of nitrogens with one attached hydrogen (secondary N) is 1. The van der Waals surface area contributed by atoms with Gasteiger partial charge in [0.1, 0.15) is 5.82 Å². The van der Waals surface area contributed by atoms with E-state index in [9.17, 15) is 12.8 Å². The summed E-state index contributed by atoms with van der Waals surface area (Å²) in [4.78, 5) is -0.218. The van der Waals surface area contributed by atoms with Crippen LogP contribution in [0.1, 0.15) is 19.4 Å². The van der Waals surface area contributed by atoms with Gasteiger partial charge in [0.05, 0.1) is 22.1 Å². The zero-order valence-corrected chi connectivity index (χ0v) is 13.1. The zero-order chi connectivity index (χ0) is 15.6. The van der Waals surface area contributed by atoms with Crippen LogP contribution in [0, 0.1) is 5.82 Å². The summed E-state index contributed by atoms with van der Waals surface area (Å²) in [6.07, 6.45) is 0. The van der Waals surface area contributed by atoms with Crippen molar-refractivity contribution in [2.45, 2.75) is 30.8 Å². The lowest BCUT2D eigenvalue weighted by molar-refractivity contribution is 0.141. The molecular weight excluding hydrogens is 307 g/mol. The Balaban J connectivity index is 3.20. The number of benzene rings is 1. The lowest BCUT2D eigenvalue weighted by atomic mass is 10.1. The Kier molecular flexibility index (Phi) is 5.51. The van der Waals surface area contributed by atoms with Gasteiger partial charge >= 0.3 is 0 Å². The minimum Gasteiger partial charge on any atom is -0.383 e. The van der Waals surface area contributed by atoms with Crippen molar-refractivity contribution >= 4 is 21.6 Å². The van der Waals surface area contributed by atoms with E-state index < -0.39 is 21.4 Å². The van der Waals surface area contributed by atoms with Crippen molar-refractivity contribution in [3.05, 3.63) is 28.5 Å². The molecule has 5 nitrogen and oxygen atoms in total. The van der Waals surface area contributed by atoms with Gasteiger partial charge < -0.3 is 10.5 Å². The number of nitrogens with two attached hydrogens (primary N) is 1. The molecule has 0 atom stereocenters. The molecule has 1 aromatic rings. The monoisotopic (exact) mass is 324 g/mol. The maximum Gasteiger partial charge on any atom is 0.241 e. The molecule has 0 fully saturated rings. The molecule has 1 aromatic carbocycles. The Morgan fingerprint density at radius 3 is 2.55 bits per heavy atom. The molecule has 0 aliphatic heterocycles. The first-order chi connectivity index (χ1) is 9.13. The summed E-state index contributed by atoms with van der Waals surface area (Å²) >= 11 is 5.71. The lowest BCUT2D eigenvalue weighted by Gasteiger charge is -2.25. The van der Waals surface area contributed by atoms with Gasteiger partial charge in [0.25, 0.3) is 0 Å². The van der Waals surface area contributed by atoms with Crippen molar-refractivity contribution in [2.24, 2.45) is 5.73 Å². The molecule has 0 amide bonds. The van der Waals surface area contributed by atoms with Gasteiger partial charge in [0.2, 0.25) is 10.0 Å². The predicted molar refractivity (Wildman–Crippen MR) is 75.6 cm³/mol. The number of ether oxygens (including phenoxy) is 1. The van der Waals surface area contributed by atoms with Crippen LogP contribution in [0.3, 0.4) is 0 Å². The van der Waals surface area contributed by atoms with E-state index in [0.717, 1.165) is 6.07 Å². The van der Waals surface area contributed by atoms with Gasteiger partial charge in [-0.15, -0.1) is 0 Å². The van der Waals surface area contributed by atoms with Gasteiger partial charge in [0, 0.05) is 13.7 Å². The molecule has 0 aromatic heterocycles. The van der Waals surface area contributed by atoms with Gasteiger partial charge in [-0.2, -0.15) is 0 Å². The van der Waals surface area contributed by atoms with Crippen LogP contribution in [0.2, 0.25) is 5.02 Å². The Morgan fingerprint density at radius 2 is 2.05 bits per heavy atom. The number of halogens is 2. The fraction of sp³-hybridized carbons (Fsp3) is 0.500. The molecule has 3 N–H and O–H groups in total. The van der Waals surface area contributed by atoms with E-state index in [1.807, 2.05) is 0 Å². The Hall–Kier alpha value is -0.730. The molecule has 0 saturated heterocycles. The minimum atomic E-state index is -3.90. The van der Waals surface area contributed by atoms with Crippen molar-refractivity contribution < 1.29 is 17.5 Å². The second-order valence-electron chi connectivity index (χ2n) is 5.00. The normalized spacial score (nSPS) is 12.7. The first kappa shape index (κ1) is 17.3. The molecule has 0 unspecified atom stereocenters. The van der Waals surface area contributed by atoms with Crippen LogP contribution >= 0.6 is 11.6 Å². The molecule has 114 valence electrons. The highest BCUT2D eigenvalue weighted by Crippen LogP contribution is 2.24. The quantitative estimate of drug-likeness (QED) is 0.833. The molecule has 0 radical (unpaired) electrons. The average molecular weight is 325 g/mol. The van der Waals surface area contributed by atoms with Gasteiger partial charge in [0.15, 0.2) is 0 Å². The fourth-order valence-corrected chi connectivity index (χ4v) is 3.38. The number of hydrogen-bond donors (Lipinski definition) is 2. The number of sulfonamides is 1. The topological polar surface area (TPSA) is 81.4 Å². The summed E-state index contributed by atoms with van der Waals surface area (Å²) in [7, 11) is -2.43. The van der Waals surface area contributed by atoms with Crippen molar-refractivity contribution in [1.82, 2.24) is 4.72 Å². The maximum atomic E-state index is 13.6. The summed E-state index contributed by atoms with van der Waals surface area (Å²) in [5.41, 5.74) is 4.83. The number of hydrogen-bond acceptors (Lipinski definition) is 4. The number of methoxy groups -OCH3 is 1. The van der Waals surface area contributed by atoms with E-state index in [-0.39, 0.29) is 28.6 Å². The smallest absolute Gasteiger partial charge is 0.241 e. The van der Waals surface area contributed by atoms with Gasteiger partial charge in [-0.25, -0.2) is 17.5 Å². The van der Waals surface area contributed by atoms with E-state index in [1.165, 1.54) is 13.2 Å². The summed E-state index contributed by atoms with van der Waals surface area (Å²) in [5, 5.41) is -0.164. The van der Waals surface area contributed by atoms with E-state index >= 15 is 0 Å². The van der Waals surface area contributed by atoms with Crippen LogP contribution in [0.5, 0.6) is 0 Å². The average Bonchev–Trinajstić information content (AvgIpc) is 2.30. The van der Waals surface area contributed by atoms with E-state index in [4.69, 9.17) is 22.1 Å². The third kappa shape index (κ3) is 4.13. The predicted octanol–water partition coefficient (Wildman–Crippen LogP) is 1.64. The molecule has 0 aliphatic rings. The third-order valence-corrected chi connectivity index (χ3v) is 4.62. The second kappa shape index (κ2) is 6.36. The largest absolute Gasteiger partial charge is 0.383 e. The molecule has 0 aliphatic carbocycles.